The Balaban J connectivity index is 0.00000361. The molecule has 1 aromatic carbocycles. The number of ether oxygens (including phenoxy) is 1. The summed E-state index contributed by atoms with van der Waals surface area (Å²) in [6.45, 7) is 6.33. The third kappa shape index (κ3) is 6.26. The first-order valence-corrected chi connectivity index (χ1v) is 6.67. The van der Waals surface area contributed by atoms with Crippen LogP contribution < -0.4 is 10.1 Å². The van der Waals surface area contributed by atoms with E-state index in [4.69, 9.17) is 4.74 Å². The van der Waals surface area contributed by atoms with E-state index >= 15 is 0 Å². The van der Waals surface area contributed by atoms with Crippen LogP contribution in [0.15, 0.2) is 24.3 Å². The van der Waals surface area contributed by atoms with E-state index in [1.165, 1.54) is 0 Å². The molecular weight excluding hydrogens is 276 g/mol. The van der Waals surface area contributed by atoms with Gasteiger partial charge in [0.15, 0.2) is 0 Å². The first kappa shape index (κ1) is 18.7. The molecule has 1 amide bonds. The van der Waals surface area contributed by atoms with Gasteiger partial charge in [0.2, 0.25) is 0 Å². The molecule has 0 saturated heterocycles. The second-order valence-corrected chi connectivity index (χ2v) is 5.06. The molecule has 114 valence electrons. The van der Waals surface area contributed by atoms with E-state index in [1.807, 2.05) is 25.2 Å². The van der Waals surface area contributed by atoms with Gasteiger partial charge in [-0.15, -0.1) is 12.4 Å². The fourth-order valence-corrected chi connectivity index (χ4v) is 1.58. The van der Waals surface area contributed by atoms with Gasteiger partial charge >= 0.3 is 0 Å². The summed E-state index contributed by atoms with van der Waals surface area (Å²) < 4.78 is 5.64. The molecule has 0 bridgehead atoms. The zero-order valence-electron chi connectivity index (χ0n) is 12.7. The molecule has 5 heteroatoms. The Morgan fingerprint density at radius 3 is 2.70 bits per heavy atom. The highest BCUT2D eigenvalue weighted by atomic mass is 35.5. The standard InChI is InChI=1S/C15H24N2O2.ClH/c1-12(2)11-19-14-7-5-6-13(10-14)15(18)17(4)9-8-16-3;/h5-7,10,12,16H,8-9,11H2,1-4H3;1H. The zero-order chi connectivity index (χ0) is 14.3. The topological polar surface area (TPSA) is 41.6 Å². The predicted molar refractivity (Wildman–Crippen MR) is 84.9 cm³/mol. The van der Waals surface area contributed by atoms with Crippen LogP contribution in [-0.4, -0.2) is 44.6 Å². The van der Waals surface area contributed by atoms with Crippen LogP contribution in [0.5, 0.6) is 5.75 Å². The molecule has 0 aliphatic carbocycles. The van der Waals surface area contributed by atoms with E-state index in [1.54, 1.807) is 18.0 Å². The Morgan fingerprint density at radius 1 is 1.40 bits per heavy atom. The minimum atomic E-state index is 0. The number of hydrogen-bond donors (Lipinski definition) is 1. The van der Waals surface area contributed by atoms with Crippen LogP contribution >= 0.6 is 12.4 Å². The quantitative estimate of drug-likeness (QED) is 0.841. The summed E-state index contributed by atoms with van der Waals surface area (Å²) in [5.74, 6) is 1.24. The predicted octanol–water partition coefficient (Wildman–Crippen LogP) is 2.43. The van der Waals surface area contributed by atoms with Crippen LogP contribution in [0.3, 0.4) is 0 Å². The molecule has 0 radical (unpaired) electrons. The summed E-state index contributed by atoms with van der Waals surface area (Å²) in [6, 6.07) is 7.36. The highest BCUT2D eigenvalue weighted by molar-refractivity contribution is 5.94. The molecule has 4 nitrogen and oxygen atoms in total. The normalized spacial score (nSPS) is 10.1. The average Bonchev–Trinajstić information content (AvgIpc) is 2.42. The molecule has 0 aromatic heterocycles. The molecule has 0 heterocycles. The summed E-state index contributed by atoms with van der Waals surface area (Å²) in [6.07, 6.45) is 0. The van der Waals surface area contributed by atoms with Gasteiger partial charge in [0.25, 0.3) is 5.91 Å². The van der Waals surface area contributed by atoms with Crippen molar-refractivity contribution in [2.75, 3.05) is 33.8 Å². The SMILES string of the molecule is CNCCN(C)C(=O)c1cccc(OCC(C)C)c1.Cl. The van der Waals surface area contributed by atoms with Crippen LogP contribution in [0.1, 0.15) is 24.2 Å². The van der Waals surface area contributed by atoms with Crippen LogP contribution in [0.2, 0.25) is 0 Å². The number of likely N-dealkylation sites (N-methyl/N-ethyl adjacent to an activating group) is 2. The lowest BCUT2D eigenvalue weighted by atomic mass is 10.2. The van der Waals surface area contributed by atoms with Gasteiger partial charge in [0, 0.05) is 25.7 Å². The molecule has 20 heavy (non-hydrogen) atoms. The maximum Gasteiger partial charge on any atom is 0.253 e. The van der Waals surface area contributed by atoms with Crippen LogP contribution in [0, 0.1) is 5.92 Å². The first-order valence-electron chi connectivity index (χ1n) is 6.67. The van der Waals surface area contributed by atoms with E-state index in [0.717, 1.165) is 12.3 Å². The van der Waals surface area contributed by atoms with Gasteiger partial charge in [-0.3, -0.25) is 4.79 Å². The number of halogens is 1. The number of carbonyl (C=O) groups excluding carboxylic acids is 1. The number of benzene rings is 1. The number of hydrogen-bond acceptors (Lipinski definition) is 3. The number of nitrogens with zero attached hydrogens (tertiary/aromatic N) is 1. The van der Waals surface area contributed by atoms with E-state index < -0.39 is 0 Å². The molecule has 0 saturated carbocycles. The van der Waals surface area contributed by atoms with Crippen molar-refractivity contribution in [2.24, 2.45) is 5.92 Å². The Labute approximate surface area is 127 Å². The molecule has 1 aromatic rings. The summed E-state index contributed by atoms with van der Waals surface area (Å²) in [4.78, 5) is 13.9. The molecular formula is C15H25ClN2O2. The minimum Gasteiger partial charge on any atom is -0.493 e. The molecule has 0 spiro atoms. The number of nitrogens with one attached hydrogen (secondary N) is 1. The van der Waals surface area contributed by atoms with Gasteiger partial charge in [0.05, 0.1) is 6.61 Å². The minimum absolute atomic E-state index is 0. The van der Waals surface area contributed by atoms with E-state index in [0.29, 0.717) is 24.6 Å². The molecule has 0 aliphatic rings. The Kier molecular flexibility index (Phi) is 9.01. The Hall–Kier alpha value is -1.26. The lowest BCUT2D eigenvalue weighted by Crippen LogP contribution is -2.32. The lowest BCUT2D eigenvalue weighted by Gasteiger charge is -2.17. The van der Waals surface area contributed by atoms with Gasteiger partial charge in [0.1, 0.15) is 5.75 Å². The first-order chi connectivity index (χ1) is 9.04. The van der Waals surface area contributed by atoms with Crippen molar-refractivity contribution in [1.82, 2.24) is 10.2 Å². The third-order valence-electron chi connectivity index (χ3n) is 2.71. The fourth-order valence-electron chi connectivity index (χ4n) is 1.58. The van der Waals surface area contributed by atoms with Crippen LogP contribution in [-0.2, 0) is 0 Å². The van der Waals surface area contributed by atoms with E-state index in [2.05, 4.69) is 19.2 Å². The smallest absolute Gasteiger partial charge is 0.253 e. The molecule has 0 aliphatic heterocycles. The Bertz CT molecular complexity index is 411. The number of amides is 1. The molecule has 0 unspecified atom stereocenters. The van der Waals surface area contributed by atoms with Crippen molar-refractivity contribution in [3.63, 3.8) is 0 Å². The highest BCUT2D eigenvalue weighted by Gasteiger charge is 2.11. The van der Waals surface area contributed by atoms with Crippen molar-refractivity contribution < 1.29 is 9.53 Å². The van der Waals surface area contributed by atoms with Crippen molar-refractivity contribution in [1.29, 1.82) is 0 Å². The van der Waals surface area contributed by atoms with Gasteiger partial charge in [-0.25, -0.2) is 0 Å². The van der Waals surface area contributed by atoms with Gasteiger partial charge in [-0.1, -0.05) is 19.9 Å². The highest BCUT2D eigenvalue weighted by Crippen LogP contribution is 2.15. The summed E-state index contributed by atoms with van der Waals surface area (Å²) in [5, 5.41) is 3.03. The molecule has 1 rings (SSSR count). The second-order valence-electron chi connectivity index (χ2n) is 5.06. The van der Waals surface area contributed by atoms with Gasteiger partial charge < -0.3 is 15.0 Å². The van der Waals surface area contributed by atoms with Crippen molar-refractivity contribution >= 4 is 18.3 Å². The average molecular weight is 301 g/mol. The number of carbonyl (C=O) groups is 1. The largest absolute Gasteiger partial charge is 0.493 e. The van der Waals surface area contributed by atoms with Crippen molar-refractivity contribution in [2.45, 2.75) is 13.8 Å². The zero-order valence-corrected chi connectivity index (χ0v) is 13.5. The monoisotopic (exact) mass is 300 g/mol. The van der Waals surface area contributed by atoms with E-state index in [9.17, 15) is 4.79 Å². The summed E-state index contributed by atoms with van der Waals surface area (Å²) in [7, 11) is 3.68. The summed E-state index contributed by atoms with van der Waals surface area (Å²) >= 11 is 0. The molecule has 0 atom stereocenters. The molecule has 1 N–H and O–H groups in total. The van der Waals surface area contributed by atoms with Crippen molar-refractivity contribution in [3.8, 4) is 5.75 Å². The lowest BCUT2D eigenvalue weighted by molar-refractivity contribution is 0.0796. The van der Waals surface area contributed by atoms with E-state index in [-0.39, 0.29) is 18.3 Å². The van der Waals surface area contributed by atoms with Gasteiger partial charge in [-0.2, -0.15) is 0 Å². The molecule has 0 fully saturated rings. The van der Waals surface area contributed by atoms with Crippen LogP contribution in [0.4, 0.5) is 0 Å². The number of rotatable bonds is 7. The van der Waals surface area contributed by atoms with Crippen molar-refractivity contribution in [3.05, 3.63) is 29.8 Å². The maximum absolute atomic E-state index is 12.2. The second kappa shape index (κ2) is 9.61. The fraction of sp³-hybridized carbons (Fsp3) is 0.533. The van der Waals surface area contributed by atoms with Crippen LogP contribution in [0.25, 0.3) is 0 Å². The van der Waals surface area contributed by atoms with Gasteiger partial charge in [-0.05, 0) is 31.2 Å². The summed E-state index contributed by atoms with van der Waals surface area (Å²) in [5.41, 5.74) is 0.667. The maximum atomic E-state index is 12.2. The Morgan fingerprint density at radius 2 is 2.10 bits per heavy atom. The third-order valence-corrected chi connectivity index (χ3v) is 2.71.